The first-order chi connectivity index (χ1) is 14.9. The van der Waals surface area contributed by atoms with Crippen LogP contribution in [0.4, 0.5) is 0 Å². The average molecular weight is 403 g/mol. The second kappa shape index (κ2) is 11.3. The van der Waals surface area contributed by atoms with E-state index in [0.29, 0.717) is 0 Å². The van der Waals surface area contributed by atoms with Crippen molar-refractivity contribution in [3.63, 3.8) is 0 Å². The molecule has 0 amide bonds. The van der Waals surface area contributed by atoms with E-state index in [1.54, 1.807) is 5.57 Å². The Labute approximate surface area is 181 Å². The first-order valence-corrected chi connectivity index (χ1v) is 11.4. The van der Waals surface area contributed by atoms with E-state index in [0.717, 1.165) is 26.2 Å². The molecule has 1 heterocycles. The van der Waals surface area contributed by atoms with Gasteiger partial charge in [-0.3, -0.25) is 4.90 Å². The summed E-state index contributed by atoms with van der Waals surface area (Å²) in [4.78, 5) is 5.17. The predicted octanol–water partition coefficient (Wildman–Crippen LogP) is 5.08. The Morgan fingerprint density at radius 1 is 0.767 bits per heavy atom. The normalized spacial score (nSPS) is 17.6. The Bertz CT molecular complexity index is 768. The van der Waals surface area contributed by atoms with Gasteiger partial charge in [0.05, 0.1) is 6.61 Å². The number of hydrogen-bond donors (Lipinski definition) is 0. The molecule has 2 aromatic carbocycles. The first kappa shape index (κ1) is 21.0. The number of benzene rings is 2. The summed E-state index contributed by atoms with van der Waals surface area (Å²) in [6, 6.07) is 21.1. The van der Waals surface area contributed by atoms with Crippen LogP contribution in [0.15, 0.2) is 84.5 Å². The summed E-state index contributed by atoms with van der Waals surface area (Å²) < 4.78 is 6.40. The second-order valence-electron chi connectivity index (χ2n) is 8.32. The van der Waals surface area contributed by atoms with Crippen LogP contribution >= 0.6 is 0 Å². The number of piperazine rings is 1. The van der Waals surface area contributed by atoms with Gasteiger partial charge < -0.3 is 9.64 Å². The maximum absolute atomic E-state index is 6.40. The van der Waals surface area contributed by atoms with E-state index in [-0.39, 0.29) is 6.10 Å². The average Bonchev–Trinajstić information content (AvgIpc) is 3.32. The van der Waals surface area contributed by atoms with E-state index in [2.05, 4.69) is 88.7 Å². The van der Waals surface area contributed by atoms with Crippen molar-refractivity contribution < 1.29 is 4.74 Å². The van der Waals surface area contributed by atoms with Gasteiger partial charge in [-0.15, -0.1) is 0 Å². The van der Waals surface area contributed by atoms with Crippen LogP contribution < -0.4 is 0 Å². The van der Waals surface area contributed by atoms with E-state index < -0.39 is 0 Å². The quantitative estimate of drug-likeness (QED) is 0.551. The molecule has 4 rings (SSSR count). The third-order valence-corrected chi connectivity index (χ3v) is 6.18. The molecular formula is C27H34N2O. The number of allylic oxidation sites excluding steroid dienone is 4. The fourth-order valence-electron chi connectivity index (χ4n) is 4.38. The van der Waals surface area contributed by atoms with Crippen molar-refractivity contribution in [3.8, 4) is 0 Å². The Hall–Kier alpha value is -2.20. The molecule has 3 heteroatoms. The van der Waals surface area contributed by atoms with Crippen molar-refractivity contribution in [3.05, 3.63) is 95.6 Å². The molecule has 1 saturated heterocycles. The van der Waals surface area contributed by atoms with Gasteiger partial charge in [0.2, 0.25) is 0 Å². The maximum atomic E-state index is 6.40. The van der Waals surface area contributed by atoms with Gasteiger partial charge in [-0.05, 0) is 36.9 Å². The molecule has 0 unspecified atom stereocenters. The van der Waals surface area contributed by atoms with Gasteiger partial charge in [-0.1, -0.05) is 84.5 Å². The highest BCUT2D eigenvalue weighted by Gasteiger charge is 2.18. The molecule has 0 radical (unpaired) electrons. The zero-order chi connectivity index (χ0) is 20.4. The fourth-order valence-corrected chi connectivity index (χ4v) is 4.38. The lowest BCUT2D eigenvalue weighted by Gasteiger charge is -2.35. The molecule has 0 aromatic heterocycles. The van der Waals surface area contributed by atoms with Gasteiger partial charge >= 0.3 is 0 Å². The molecule has 158 valence electrons. The zero-order valence-electron chi connectivity index (χ0n) is 18.0. The van der Waals surface area contributed by atoms with E-state index in [9.17, 15) is 0 Å². The highest BCUT2D eigenvalue weighted by Crippen LogP contribution is 2.25. The number of nitrogens with zero attached hydrogens (tertiary/aromatic N) is 2. The molecule has 1 aliphatic carbocycles. The lowest BCUT2D eigenvalue weighted by atomic mass is 10.0. The van der Waals surface area contributed by atoms with Crippen LogP contribution in [0.3, 0.4) is 0 Å². The molecule has 2 aliphatic rings. The van der Waals surface area contributed by atoms with Crippen molar-refractivity contribution in [2.75, 3.05) is 45.9 Å². The van der Waals surface area contributed by atoms with Crippen molar-refractivity contribution in [1.82, 2.24) is 9.80 Å². The first-order valence-electron chi connectivity index (χ1n) is 11.4. The topological polar surface area (TPSA) is 15.7 Å². The molecule has 1 fully saturated rings. The van der Waals surface area contributed by atoms with Crippen LogP contribution in [0.1, 0.15) is 36.5 Å². The lowest BCUT2D eigenvalue weighted by Crippen LogP contribution is -2.47. The Morgan fingerprint density at radius 2 is 1.37 bits per heavy atom. The smallest absolute Gasteiger partial charge is 0.108 e. The number of ether oxygens (including phenoxy) is 1. The Balaban J connectivity index is 1.19. The number of rotatable bonds is 10. The van der Waals surface area contributed by atoms with E-state index in [4.69, 9.17) is 4.74 Å². The Morgan fingerprint density at radius 3 is 1.93 bits per heavy atom. The molecule has 1 aliphatic heterocycles. The summed E-state index contributed by atoms with van der Waals surface area (Å²) in [6.45, 7) is 7.64. The number of hydrogen-bond acceptors (Lipinski definition) is 3. The van der Waals surface area contributed by atoms with Crippen LogP contribution in [-0.2, 0) is 4.74 Å². The molecule has 0 bridgehead atoms. The van der Waals surface area contributed by atoms with Crippen molar-refractivity contribution in [2.24, 2.45) is 0 Å². The minimum atomic E-state index is 0.00747. The van der Waals surface area contributed by atoms with Gasteiger partial charge in [0.25, 0.3) is 0 Å². The van der Waals surface area contributed by atoms with Crippen LogP contribution in [0.5, 0.6) is 0 Å². The van der Waals surface area contributed by atoms with Crippen molar-refractivity contribution in [2.45, 2.75) is 25.4 Å². The molecule has 2 aromatic rings. The predicted molar refractivity (Wildman–Crippen MR) is 125 cm³/mol. The van der Waals surface area contributed by atoms with E-state index in [1.807, 2.05) is 0 Å². The molecular weight excluding hydrogens is 368 g/mol. The molecule has 0 N–H and O–H groups in total. The lowest BCUT2D eigenvalue weighted by molar-refractivity contribution is 0.0451. The SMILES string of the molecule is C1=CCC(CCCN2CCN(CCOC(c3ccccc3)c3ccccc3)CC2)=C1. The summed E-state index contributed by atoms with van der Waals surface area (Å²) in [5.74, 6) is 0. The van der Waals surface area contributed by atoms with Crippen LogP contribution in [0.2, 0.25) is 0 Å². The van der Waals surface area contributed by atoms with Gasteiger partial charge in [-0.2, -0.15) is 0 Å². The van der Waals surface area contributed by atoms with Gasteiger partial charge in [0, 0.05) is 32.7 Å². The monoisotopic (exact) mass is 402 g/mol. The summed E-state index contributed by atoms with van der Waals surface area (Å²) >= 11 is 0. The summed E-state index contributed by atoms with van der Waals surface area (Å²) in [7, 11) is 0. The standard InChI is InChI=1S/C27H34N2O/c1-3-13-25(14-4-1)27(26-15-5-2-6-16-26)30-23-22-29-20-18-28(19-21-29)17-9-12-24-10-7-8-11-24/h1-8,10,13-16,27H,9,11-12,17-23H2. The van der Waals surface area contributed by atoms with Crippen molar-refractivity contribution >= 4 is 0 Å². The largest absolute Gasteiger partial charge is 0.367 e. The van der Waals surface area contributed by atoms with Gasteiger partial charge in [0.1, 0.15) is 6.10 Å². The fraction of sp³-hybridized carbons (Fsp3) is 0.407. The zero-order valence-corrected chi connectivity index (χ0v) is 18.0. The maximum Gasteiger partial charge on any atom is 0.108 e. The molecule has 0 atom stereocenters. The molecule has 30 heavy (non-hydrogen) atoms. The van der Waals surface area contributed by atoms with Crippen LogP contribution in [0, 0.1) is 0 Å². The van der Waals surface area contributed by atoms with E-state index >= 15 is 0 Å². The summed E-state index contributed by atoms with van der Waals surface area (Å²) in [5, 5.41) is 0. The highest BCUT2D eigenvalue weighted by atomic mass is 16.5. The molecule has 3 nitrogen and oxygen atoms in total. The third-order valence-electron chi connectivity index (χ3n) is 6.18. The third kappa shape index (κ3) is 6.15. The minimum absolute atomic E-state index is 0.00747. The van der Waals surface area contributed by atoms with Crippen LogP contribution in [-0.4, -0.2) is 55.7 Å². The van der Waals surface area contributed by atoms with Gasteiger partial charge in [0.15, 0.2) is 0 Å². The Kier molecular flexibility index (Phi) is 7.90. The van der Waals surface area contributed by atoms with E-state index in [1.165, 1.54) is 50.0 Å². The summed E-state index contributed by atoms with van der Waals surface area (Å²) in [6.07, 6.45) is 10.4. The summed E-state index contributed by atoms with van der Waals surface area (Å²) in [5.41, 5.74) is 4.04. The van der Waals surface area contributed by atoms with Gasteiger partial charge in [-0.25, -0.2) is 0 Å². The minimum Gasteiger partial charge on any atom is -0.367 e. The van der Waals surface area contributed by atoms with Crippen LogP contribution in [0.25, 0.3) is 0 Å². The second-order valence-corrected chi connectivity index (χ2v) is 8.32. The molecule has 0 spiro atoms. The highest BCUT2D eigenvalue weighted by molar-refractivity contribution is 5.29. The van der Waals surface area contributed by atoms with Crippen molar-refractivity contribution in [1.29, 1.82) is 0 Å². The molecule has 0 saturated carbocycles.